The molecule has 4 aromatic rings. The van der Waals surface area contributed by atoms with Crippen molar-refractivity contribution in [3.63, 3.8) is 0 Å². The quantitative estimate of drug-likeness (QED) is 0.351. The minimum absolute atomic E-state index is 0.567. The van der Waals surface area contributed by atoms with Crippen molar-refractivity contribution in [2.75, 3.05) is 56.6 Å². The Labute approximate surface area is 230 Å². The molecule has 202 valence electrons. The van der Waals surface area contributed by atoms with Crippen LogP contribution in [0.15, 0.2) is 60.9 Å². The summed E-state index contributed by atoms with van der Waals surface area (Å²) in [5.74, 6) is 1.37. The number of nitrogens with one attached hydrogen (secondary N) is 2. The first-order valence-electron chi connectivity index (χ1n) is 14.3. The second-order valence-corrected chi connectivity index (χ2v) is 11.0. The van der Waals surface area contributed by atoms with Crippen LogP contribution in [0.2, 0.25) is 0 Å². The molecule has 7 rings (SSSR count). The van der Waals surface area contributed by atoms with E-state index in [4.69, 9.17) is 9.72 Å². The van der Waals surface area contributed by atoms with Gasteiger partial charge in [-0.05, 0) is 63.0 Å². The maximum absolute atomic E-state index is 5.81. The highest BCUT2D eigenvalue weighted by Gasteiger charge is 2.27. The first-order valence-corrected chi connectivity index (χ1v) is 14.3. The Morgan fingerprint density at radius 2 is 1.74 bits per heavy atom. The van der Waals surface area contributed by atoms with Crippen LogP contribution in [0.3, 0.4) is 0 Å². The van der Waals surface area contributed by atoms with E-state index in [0.717, 1.165) is 68.0 Å². The van der Waals surface area contributed by atoms with Gasteiger partial charge in [0.2, 0.25) is 5.95 Å². The van der Waals surface area contributed by atoms with Crippen LogP contribution < -0.4 is 20.3 Å². The number of ether oxygens (including phenoxy) is 1. The van der Waals surface area contributed by atoms with Gasteiger partial charge in [-0.2, -0.15) is 0 Å². The fourth-order valence-electron chi connectivity index (χ4n) is 6.25. The molecule has 0 radical (unpaired) electrons. The summed E-state index contributed by atoms with van der Waals surface area (Å²) in [7, 11) is 1.73. The summed E-state index contributed by atoms with van der Waals surface area (Å²) >= 11 is 0. The van der Waals surface area contributed by atoms with Gasteiger partial charge < -0.3 is 24.8 Å². The van der Waals surface area contributed by atoms with Crippen LogP contribution in [0.5, 0.6) is 5.75 Å². The number of piperazine rings is 1. The number of hydrogen-bond donors (Lipinski definition) is 2. The standard InChI is InChI=1S/C31H37N7O/c1-39-30-20-24(37-18-16-36(17-19-37)22-10-13-32-14-11-22)8-9-28(30)35-31-33-15-12-27(34-31)26-21-38(23-6-7-23)29-5-3-2-4-25(26)29/h2-5,8-9,12,15,20-23,32H,6-7,10-11,13-14,16-19H2,1H3,(H,33,34,35). The molecule has 2 N–H and O–H groups in total. The molecule has 0 atom stereocenters. The third kappa shape index (κ3) is 4.94. The monoisotopic (exact) mass is 523 g/mol. The van der Waals surface area contributed by atoms with Crippen LogP contribution in [0.25, 0.3) is 22.2 Å². The van der Waals surface area contributed by atoms with E-state index in [9.17, 15) is 0 Å². The second kappa shape index (κ2) is 10.5. The molecule has 4 heterocycles. The zero-order valence-electron chi connectivity index (χ0n) is 22.6. The van der Waals surface area contributed by atoms with Gasteiger partial charge in [0.25, 0.3) is 0 Å². The lowest BCUT2D eigenvalue weighted by Gasteiger charge is -2.41. The molecule has 8 nitrogen and oxygen atoms in total. The molecular weight excluding hydrogens is 486 g/mol. The van der Waals surface area contributed by atoms with Gasteiger partial charge >= 0.3 is 0 Å². The van der Waals surface area contributed by atoms with Gasteiger partial charge in [0.15, 0.2) is 0 Å². The second-order valence-electron chi connectivity index (χ2n) is 11.0. The molecule has 3 fully saturated rings. The van der Waals surface area contributed by atoms with E-state index in [2.05, 4.69) is 78.6 Å². The lowest BCUT2D eigenvalue weighted by Crippen LogP contribution is -2.52. The summed E-state index contributed by atoms with van der Waals surface area (Å²) in [6, 6.07) is 18.3. The lowest BCUT2D eigenvalue weighted by atomic mass is 10.0. The van der Waals surface area contributed by atoms with Crippen molar-refractivity contribution in [1.82, 2.24) is 24.8 Å². The van der Waals surface area contributed by atoms with Gasteiger partial charge in [0.05, 0.1) is 18.5 Å². The molecule has 2 aromatic carbocycles. The predicted octanol–water partition coefficient (Wildman–Crippen LogP) is 5.06. The van der Waals surface area contributed by atoms with Crippen molar-refractivity contribution in [3.8, 4) is 17.0 Å². The molecule has 0 bridgehead atoms. The third-order valence-electron chi connectivity index (χ3n) is 8.55. The largest absolute Gasteiger partial charge is 0.494 e. The molecule has 0 amide bonds. The highest BCUT2D eigenvalue weighted by molar-refractivity contribution is 5.95. The minimum atomic E-state index is 0.567. The van der Waals surface area contributed by atoms with Gasteiger partial charge in [-0.25, -0.2) is 9.97 Å². The molecule has 1 aliphatic carbocycles. The predicted molar refractivity (Wildman–Crippen MR) is 157 cm³/mol. The van der Waals surface area contributed by atoms with E-state index in [-0.39, 0.29) is 0 Å². The lowest BCUT2D eigenvalue weighted by molar-refractivity contribution is 0.153. The number of benzene rings is 2. The molecule has 39 heavy (non-hydrogen) atoms. The molecule has 1 saturated carbocycles. The Balaban J connectivity index is 1.08. The van der Waals surface area contributed by atoms with Crippen LogP contribution in [0, 0.1) is 0 Å². The average molecular weight is 524 g/mol. The Morgan fingerprint density at radius 3 is 2.54 bits per heavy atom. The van der Waals surface area contributed by atoms with E-state index >= 15 is 0 Å². The number of para-hydroxylation sites is 1. The van der Waals surface area contributed by atoms with Gasteiger partial charge in [-0.1, -0.05) is 18.2 Å². The average Bonchev–Trinajstić information content (AvgIpc) is 3.78. The van der Waals surface area contributed by atoms with Crippen molar-refractivity contribution in [2.45, 2.75) is 37.8 Å². The van der Waals surface area contributed by atoms with Crippen molar-refractivity contribution < 1.29 is 4.74 Å². The van der Waals surface area contributed by atoms with Crippen molar-refractivity contribution in [3.05, 3.63) is 60.9 Å². The van der Waals surface area contributed by atoms with E-state index in [0.29, 0.717) is 12.0 Å². The van der Waals surface area contributed by atoms with E-state index in [1.807, 2.05) is 12.3 Å². The van der Waals surface area contributed by atoms with Crippen molar-refractivity contribution in [2.24, 2.45) is 0 Å². The number of aromatic nitrogens is 3. The fraction of sp³-hybridized carbons (Fsp3) is 0.419. The summed E-state index contributed by atoms with van der Waals surface area (Å²) in [6.07, 6.45) is 9.11. The molecule has 2 aliphatic heterocycles. The number of piperidine rings is 1. The van der Waals surface area contributed by atoms with Crippen molar-refractivity contribution in [1.29, 1.82) is 0 Å². The Kier molecular flexibility index (Phi) is 6.58. The smallest absolute Gasteiger partial charge is 0.227 e. The van der Waals surface area contributed by atoms with Crippen LogP contribution in [-0.2, 0) is 0 Å². The number of nitrogens with zero attached hydrogens (tertiary/aromatic N) is 5. The van der Waals surface area contributed by atoms with Crippen LogP contribution >= 0.6 is 0 Å². The summed E-state index contributed by atoms with van der Waals surface area (Å²) in [5, 5.41) is 8.13. The van der Waals surface area contributed by atoms with Gasteiger partial charge in [0, 0.05) is 78.9 Å². The Bertz CT molecular complexity index is 1450. The molecule has 2 aromatic heterocycles. The maximum atomic E-state index is 5.81. The molecule has 3 aliphatic rings. The number of hydrogen-bond acceptors (Lipinski definition) is 7. The zero-order chi connectivity index (χ0) is 26.2. The maximum Gasteiger partial charge on any atom is 0.227 e. The van der Waals surface area contributed by atoms with E-state index in [1.54, 1.807) is 7.11 Å². The van der Waals surface area contributed by atoms with Crippen LogP contribution in [0.1, 0.15) is 31.7 Å². The summed E-state index contributed by atoms with van der Waals surface area (Å²) in [4.78, 5) is 14.6. The molecule has 8 heteroatoms. The number of anilines is 3. The number of fused-ring (bicyclic) bond motifs is 1. The Hall–Kier alpha value is -3.62. The normalized spacial score (nSPS) is 18.9. The minimum Gasteiger partial charge on any atom is -0.494 e. The molecule has 0 unspecified atom stereocenters. The zero-order valence-corrected chi connectivity index (χ0v) is 22.6. The Morgan fingerprint density at radius 1 is 0.923 bits per heavy atom. The highest BCUT2D eigenvalue weighted by Crippen LogP contribution is 2.41. The summed E-state index contributed by atoms with van der Waals surface area (Å²) < 4.78 is 8.22. The van der Waals surface area contributed by atoms with Gasteiger partial charge in [-0.15, -0.1) is 0 Å². The third-order valence-corrected chi connectivity index (χ3v) is 8.55. The first-order chi connectivity index (χ1) is 19.3. The van der Waals surface area contributed by atoms with Crippen LogP contribution in [0.4, 0.5) is 17.3 Å². The van der Waals surface area contributed by atoms with E-state index in [1.165, 1.54) is 42.3 Å². The molecule has 2 saturated heterocycles. The molecule has 0 spiro atoms. The van der Waals surface area contributed by atoms with Gasteiger partial charge in [-0.3, -0.25) is 4.90 Å². The summed E-state index contributed by atoms with van der Waals surface area (Å²) in [5.41, 5.74) is 5.41. The van der Waals surface area contributed by atoms with Crippen LogP contribution in [-0.4, -0.2) is 71.9 Å². The van der Waals surface area contributed by atoms with Gasteiger partial charge in [0.1, 0.15) is 5.75 Å². The number of methoxy groups -OCH3 is 1. The SMILES string of the molecule is COc1cc(N2CCN(C3CCNCC3)CC2)ccc1Nc1nccc(-c2cn(C3CC3)c3ccccc23)n1. The highest BCUT2D eigenvalue weighted by atomic mass is 16.5. The summed E-state index contributed by atoms with van der Waals surface area (Å²) in [6.45, 7) is 6.61. The molecular formula is C31H37N7O. The first kappa shape index (κ1) is 24.4. The van der Waals surface area contributed by atoms with E-state index < -0.39 is 0 Å². The number of rotatable bonds is 7. The fourth-order valence-corrected chi connectivity index (χ4v) is 6.25. The van der Waals surface area contributed by atoms with Crippen molar-refractivity contribution >= 4 is 28.2 Å². The topological polar surface area (TPSA) is 70.5 Å².